The summed E-state index contributed by atoms with van der Waals surface area (Å²) < 4.78 is 15.5. The molecule has 0 amide bonds. The number of nitrogens with zero attached hydrogens (tertiary/aromatic N) is 2. The third-order valence-corrected chi connectivity index (χ3v) is 3.30. The second-order valence-electron chi connectivity index (χ2n) is 4.50. The van der Waals surface area contributed by atoms with Gasteiger partial charge in [0, 0.05) is 19.0 Å². The Hall–Kier alpha value is -2.36. The maximum atomic E-state index is 13.7. The molecule has 96 valence electrons. The number of halogens is 1. The van der Waals surface area contributed by atoms with Gasteiger partial charge in [-0.1, -0.05) is 24.3 Å². The van der Waals surface area contributed by atoms with Crippen LogP contribution in [0.5, 0.6) is 5.75 Å². The zero-order valence-corrected chi connectivity index (χ0v) is 10.5. The smallest absolute Gasteiger partial charge is 0.151 e. The van der Waals surface area contributed by atoms with E-state index in [0.717, 1.165) is 16.9 Å². The van der Waals surface area contributed by atoms with Gasteiger partial charge in [-0.25, -0.2) is 9.37 Å². The highest BCUT2D eigenvalue weighted by Gasteiger charge is 2.12. The van der Waals surface area contributed by atoms with Gasteiger partial charge in [-0.15, -0.1) is 0 Å². The third-order valence-electron chi connectivity index (χ3n) is 3.30. The van der Waals surface area contributed by atoms with E-state index in [-0.39, 0.29) is 11.6 Å². The maximum Gasteiger partial charge on any atom is 0.151 e. The van der Waals surface area contributed by atoms with Crippen LogP contribution in [0.3, 0.4) is 0 Å². The maximum absolute atomic E-state index is 13.7. The van der Waals surface area contributed by atoms with Crippen LogP contribution in [-0.2, 0) is 13.5 Å². The minimum Gasteiger partial charge on any atom is -0.508 e. The number of imidazole rings is 1. The van der Waals surface area contributed by atoms with Crippen LogP contribution < -0.4 is 0 Å². The number of aromatic nitrogens is 2. The topological polar surface area (TPSA) is 38.0 Å². The Morgan fingerprint density at radius 1 is 1.16 bits per heavy atom. The number of hydrogen-bond acceptors (Lipinski definition) is 2. The van der Waals surface area contributed by atoms with Crippen LogP contribution >= 0.6 is 0 Å². The van der Waals surface area contributed by atoms with E-state index in [2.05, 4.69) is 4.98 Å². The molecular formula is C15H13FN2O. The first kappa shape index (κ1) is 11.7. The summed E-state index contributed by atoms with van der Waals surface area (Å²) in [6.07, 6.45) is 0.470. The Balaban J connectivity index is 2.09. The van der Waals surface area contributed by atoms with Crippen molar-refractivity contribution in [2.24, 2.45) is 7.05 Å². The van der Waals surface area contributed by atoms with E-state index in [0.29, 0.717) is 11.9 Å². The van der Waals surface area contributed by atoms with E-state index in [9.17, 15) is 9.50 Å². The number of fused-ring (bicyclic) bond motifs is 1. The number of aromatic hydroxyl groups is 1. The molecule has 2 aromatic carbocycles. The van der Waals surface area contributed by atoms with Gasteiger partial charge in [-0.3, -0.25) is 0 Å². The lowest BCUT2D eigenvalue weighted by Gasteiger charge is -2.04. The Labute approximate surface area is 109 Å². The molecule has 1 heterocycles. The molecule has 0 fully saturated rings. The molecule has 1 aromatic heterocycles. The minimum atomic E-state index is -0.323. The first-order chi connectivity index (χ1) is 9.16. The average Bonchev–Trinajstić information content (AvgIpc) is 2.72. The molecule has 3 aromatic rings. The van der Waals surface area contributed by atoms with Gasteiger partial charge in [0.2, 0.25) is 0 Å². The van der Waals surface area contributed by atoms with E-state index in [1.54, 1.807) is 18.2 Å². The second-order valence-corrected chi connectivity index (χ2v) is 4.50. The molecule has 0 bridgehead atoms. The summed E-state index contributed by atoms with van der Waals surface area (Å²) in [5.74, 6) is 0.633. The molecule has 0 saturated heterocycles. The summed E-state index contributed by atoms with van der Waals surface area (Å²) >= 11 is 0. The standard InChI is InChI=1S/C15H13FN2O/c1-18-12-7-4-6-11(16)15(12)17-14(18)9-10-5-2-3-8-13(10)19/h2-8,19H,9H2,1H3. The highest BCUT2D eigenvalue weighted by Crippen LogP contribution is 2.23. The molecule has 3 rings (SSSR count). The van der Waals surface area contributed by atoms with Crippen molar-refractivity contribution >= 4 is 11.0 Å². The fourth-order valence-electron chi connectivity index (χ4n) is 2.22. The number of benzene rings is 2. The highest BCUT2D eigenvalue weighted by molar-refractivity contribution is 5.76. The molecule has 4 heteroatoms. The molecule has 3 nitrogen and oxygen atoms in total. The van der Waals surface area contributed by atoms with Gasteiger partial charge in [0.25, 0.3) is 0 Å². The Bertz CT molecular complexity index is 749. The van der Waals surface area contributed by atoms with Gasteiger partial charge in [0.1, 0.15) is 17.1 Å². The Kier molecular flexibility index (Phi) is 2.71. The van der Waals surface area contributed by atoms with Crippen LogP contribution in [0.15, 0.2) is 42.5 Å². The lowest BCUT2D eigenvalue weighted by atomic mass is 10.1. The van der Waals surface area contributed by atoms with Gasteiger partial charge in [-0.05, 0) is 18.2 Å². The molecule has 0 unspecified atom stereocenters. The predicted molar refractivity (Wildman–Crippen MR) is 71.6 cm³/mol. The van der Waals surface area contributed by atoms with Crippen LogP contribution in [-0.4, -0.2) is 14.7 Å². The van der Waals surface area contributed by atoms with Crippen LogP contribution in [0, 0.1) is 5.82 Å². The van der Waals surface area contributed by atoms with Crippen molar-refractivity contribution in [3.8, 4) is 5.75 Å². The first-order valence-electron chi connectivity index (χ1n) is 6.03. The monoisotopic (exact) mass is 256 g/mol. The third kappa shape index (κ3) is 1.95. The van der Waals surface area contributed by atoms with Crippen LogP contribution in [0.25, 0.3) is 11.0 Å². The summed E-state index contributed by atoms with van der Waals surface area (Å²) in [4.78, 5) is 4.33. The lowest BCUT2D eigenvalue weighted by molar-refractivity contribution is 0.469. The Morgan fingerprint density at radius 2 is 1.95 bits per heavy atom. The van der Waals surface area contributed by atoms with Crippen molar-refractivity contribution < 1.29 is 9.50 Å². The number of para-hydroxylation sites is 2. The van der Waals surface area contributed by atoms with Crippen LogP contribution in [0.4, 0.5) is 4.39 Å². The number of phenolic OH excluding ortho intramolecular Hbond substituents is 1. The highest BCUT2D eigenvalue weighted by atomic mass is 19.1. The minimum absolute atomic E-state index is 0.232. The molecule has 0 radical (unpaired) electrons. The quantitative estimate of drug-likeness (QED) is 0.765. The van der Waals surface area contributed by atoms with Gasteiger partial charge in [-0.2, -0.15) is 0 Å². The lowest BCUT2D eigenvalue weighted by Crippen LogP contribution is -1.99. The summed E-state index contributed by atoms with van der Waals surface area (Å²) in [5.41, 5.74) is 1.90. The molecule has 0 saturated carbocycles. The fraction of sp³-hybridized carbons (Fsp3) is 0.133. The number of phenols is 1. The van der Waals surface area contributed by atoms with Crippen LogP contribution in [0.1, 0.15) is 11.4 Å². The predicted octanol–water partition coefficient (Wildman–Crippen LogP) is 3.01. The molecule has 19 heavy (non-hydrogen) atoms. The zero-order chi connectivity index (χ0) is 13.4. The number of hydrogen-bond donors (Lipinski definition) is 1. The summed E-state index contributed by atoms with van der Waals surface area (Å²) in [6.45, 7) is 0. The van der Waals surface area contributed by atoms with E-state index in [1.165, 1.54) is 6.07 Å². The van der Waals surface area contributed by atoms with Crippen molar-refractivity contribution in [3.05, 3.63) is 59.7 Å². The summed E-state index contributed by atoms with van der Waals surface area (Å²) in [7, 11) is 1.85. The molecule has 0 spiro atoms. The van der Waals surface area contributed by atoms with Crippen molar-refractivity contribution in [1.82, 2.24) is 9.55 Å². The molecular weight excluding hydrogens is 243 g/mol. The largest absolute Gasteiger partial charge is 0.508 e. The summed E-state index contributed by atoms with van der Waals surface area (Å²) in [6, 6.07) is 12.0. The van der Waals surface area contributed by atoms with Crippen molar-refractivity contribution in [2.45, 2.75) is 6.42 Å². The zero-order valence-electron chi connectivity index (χ0n) is 10.5. The van der Waals surface area contributed by atoms with Crippen molar-refractivity contribution in [2.75, 3.05) is 0 Å². The summed E-state index contributed by atoms with van der Waals surface area (Å²) in [5, 5.41) is 9.78. The van der Waals surface area contributed by atoms with Gasteiger partial charge >= 0.3 is 0 Å². The van der Waals surface area contributed by atoms with Crippen LogP contribution in [0.2, 0.25) is 0 Å². The molecule has 1 N–H and O–H groups in total. The first-order valence-corrected chi connectivity index (χ1v) is 6.03. The van der Waals surface area contributed by atoms with E-state index in [4.69, 9.17) is 0 Å². The number of aryl methyl sites for hydroxylation is 1. The Morgan fingerprint density at radius 3 is 2.68 bits per heavy atom. The van der Waals surface area contributed by atoms with E-state index >= 15 is 0 Å². The van der Waals surface area contributed by atoms with E-state index in [1.807, 2.05) is 29.8 Å². The SMILES string of the molecule is Cn1c(Cc2ccccc2O)nc2c(F)cccc21. The van der Waals surface area contributed by atoms with Gasteiger partial charge in [0.15, 0.2) is 5.82 Å². The van der Waals surface area contributed by atoms with Crippen molar-refractivity contribution in [3.63, 3.8) is 0 Å². The normalized spacial score (nSPS) is 11.1. The molecule has 0 aliphatic rings. The van der Waals surface area contributed by atoms with Gasteiger partial charge < -0.3 is 9.67 Å². The van der Waals surface area contributed by atoms with Gasteiger partial charge in [0.05, 0.1) is 5.52 Å². The fourth-order valence-corrected chi connectivity index (χ4v) is 2.22. The average molecular weight is 256 g/mol. The number of rotatable bonds is 2. The van der Waals surface area contributed by atoms with Crippen molar-refractivity contribution in [1.29, 1.82) is 0 Å². The molecule has 0 aliphatic carbocycles. The second kappa shape index (κ2) is 4.39. The van der Waals surface area contributed by atoms with E-state index < -0.39 is 0 Å². The molecule has 0 aliphatic heterocycles. The molecule has 0 atom stereocenters.